The zero-order valence-electron chi connectivity index (χ0n) is 14.3. The van der Waals surface area contributed by atoms with Crippen LogP contribution in [0.2, 0.25) is 0 Å². The van der Waals surface area contributed by atoms with Crippen LogP contribution in [-0.2, 0) is 0 Å². The number of nitrogens with one attached hydrogen (secondary N) is 2. The van der Waals surface area contributed by atoms with E-state index in [2.05, 4.69) is 20.3 Å². The smallest absolute Gasteiger partial charge is 0.352 e. The molecule has 0 aliphatic rings. The minimum absolute atomic E-state index is 0.114. The van der Waals surface area contributed by atoms with Gasteiger partial charge in [-0.2, -0.15) is 0 Å². The molecule has 3 aromatic heterocycles. The van der Waals surface area contributed by atoms with E-state index in [9.17, 15) is 9.90 Å². The number of aromatic carboxylic acids is 1. The van der Waals surface area contributed by atoms with E-state index in [1.165, 1.54) is 0 Å². The Balaban J connectivity index is 1.90. The van der Waals surface area contributed by atoms with Crippen molar-refractivity contribution in [2.45, 2.75) is 0 Å². The summed E-state index contributed by atoms with van der Waals surface area (Å²) in [4.78, 5) is 25.2. The Morgan fingerprint density at radius 1 is 1.19 bits per heavy atom. The highest BCUT2D eigenvalue weighted by Crippen LogP contribution is 2.31. The summed E-state index contributed by atoms with van der Waals surface area (Å²) in [6, 6.07) is 11.3. The standard InChI is InChI=1S/C19H17N5O2/c1-24(2)12-5-3-4-11(8-12)21-18-17-13(9-16(22-17)19(25)26)14-10-20-7-6-15(14)23-18/h3-10,22H,1-2H3,(H,21,23)(H,25,26). The molecule has 0 bridgehead atoms. The van der Waals surface area contributed by atoms with Gasteiger partial charge in [0.15, 0.2) is 5.82 Å². The average Bonchev–Trinajstić information content (AvgIpc) is 3.08. The SMILES string of the molecule is CN(C)c1cccc(Nc2nc3ccncc3c3cc(C(=O)O)[nH]c23)c1. The lowest BCUT2D eigenvalue weighted by atomic mass is 10.1. The van der Waals surface area contributed by atoms with Crippen molar-refractivity contribution in [3.8, 4) is 0 Å². The minimum atomic E-state index is -1.02. The number of nitrogens with zero attached hydrogens (tertiary/aromatic N) is 3. The van der Waals surface area contributed by atoms with E-state index >= 15 is 0 Å². The van der Waals surface area contributed by atoms with Gasteiger partial charge in [0.1, 0.15) is 5.69 Å². The van der Waals surface area contributed by atoms with Crippen LogP contribution in [0.3, 0.4) is 0 Å². The quantitative estimate of drug-likeness (QED) is 0.522. The molecule has 0 unspecified atom stereocenters. The molecule has 26 heavy (non-hydrogen) atoms. The maximum Gasteiger partial charge on any atom is 0.352 e. The Morgan fingerprint density at radius 2 is 2.04 bits per heavy atom. The Bertz CT molecular complexity index is 1130. The van der Waals surface area contributed by atoms with Crippen LogP contribution < -0.4 is 10.2 Å². The van der Waals surface area contributed by atoms with Crippen LogP contribution in [0.5, 0.6) is 0 Å². The number of anilines is 3. The van der Waals surface area contributed by atoms with Crippen LogP contribution in [0.15, 0.2) is 48.8 Å². The molecule has 7 nitrogen and oxygen atoms in total. The van der Waals surface area contributed by atoms with Gasteiger partial charge in [0.25, 0.3) is 0 Å². The van der Waals surface area contributed by atoms with Gasteiger partial charge in [-0.05, 0) is 30.3 Å². The topological polar surface area (TPSA) is 94.1 Å². The van der Waals surface area contributed by atoms with Gasteiger partial charge in [0.2, 0.25) is 0 Å². The number of hydrogen-bond acceptors (Lipinski definition) is 5. The van der Waals surface area contributed by atoms with Gasteiger partial charge in [0, 0.05) is 48.6 Å². The van der Waals surface area contributed by atoms with E-state index < -0.39 is 5.97 Å². The Kier molecular flexibility index (Phi) is 3.69. The van der Waals surface area contributed by atoms with Crippen molar-refractivity contribution in [1.29, 1.82) is 0 Å². The molecule has 0 fully saturated rings. The van der Waals surface area contributed by atoms with Crippen LogP contribution in [0.25, 0.3) is 21.8 Å². The zero-order valence-corrected chi connectivity index (χ0v) is 14.3. The molecular formula is C19H17N5O2. The zero-order chi connectivity index (χ0) is 18.3. The number of pyridine rings is 2. The monoisotopic (exact) mass is 347 g/mol. The number of fused-ring (bicyclic) bond motifs is 3. The molecule has 4 aromatic rings. The Morgan fingerprint density at radius 3 is 2.81 bits per heavy atom. The lowest BCUT2D eigenvalue weighted by Gasteiger charge is -2.15. The third-order valence-electron chi connectivity index (χ3n) is 4.23. The molecule has 130 valence electrons. The second kappa shape index (κ2) is 6.03. The van der Waals surface area contributed by atoms with Crippen LogP contribution in [0.4, 0.5) is 17.2 Å². The summed E-state index contributed by atoms with van der Waals surface area (Å²) in [5.74, 6) is -0.444. The first-order valence-electron chi connectivity index (χ1n) is 8.07. The van der Waals surface area contributed by atoms with E-state index in [1.807, 2.05) is 49.3 Å². The first-order chi connectivity index (χ1) is 12.5. The molecule has 0 spiro atoms. The fraction of sp³-hybridized carbons (Fsp3) is 0.105. The van der Waals surface area contributed by atoms with Gasteiger partial charge in [-0.25, -0.2) is 9.78 Å². The summed E-state index contributed by atoms with van der Waals surface area (Å²) in [6.45, 7) is 0. The lowest BCUT2D eigenvalue weighted by molar-refractivity contribution is 0.0691. The van der Waals surface area contributed by atoms with Crippen molar-refractivity contribution in [3.05, 3.63) is 54.5 Å². The van der Waals surface area contributed by atoms with Gasteiger partial charge in [0.05, 0.1) is 11.0 Å². The predicted octanol–water partition coefficient (Wildman–Crippen LogP) is 3.62. The number of aromatic nitrogens is 3. The minimum Gasteiger partial charge on any atom is -0.477 e. The molecule has 3 N–H and O–H groups in total. The van der Waals surface area contributed by atoms with Gasteiger partial charge in [-0.15, -0.1) is 0 Å². The highest BCUT2D eigenvalue weighted by Gasteiger charge is 2.15. The van der Waals surface area contributed by atoms with Crippen LogP contribution in [0, 0.1) is 0 Å². The maximum atomic E-state index is 11.4. The normalized spacial score (nSPS) is 11.0. The number of rotatable bonds is 4. The first-order valence-corrected chi connectivity index (χ1v) is 8.07. The van der Waals surface area contributed by atoms with Crippen molar-refractivity contribution >= 4 is 45.0 Å². The first kappa shape index (κ1) is 15.9. The lowest BCUT2D eigenvalue weighted by Crippen LogP contribution is -2.08. The molecule has 0 aliphatic carbocycles. The largest absolute Gasteiger partial charge is 0.477 e. The third-order valence-corrected chi connectivity index (χ3v) is 4.23. The number of carboxylic acids is 1. The molecule has 4 rings (SSSR count). The van der Waals surface area contributed by atoms with Gasteiger partial charge in [-0.1, -0.05) is 6.07 Å². The van der Waals surface area contributed by atoms with E-state index in [4.69, 9.17) is 0 Å². The summed E-state index contributed by atoms with van der Waals surface area (Å²) < 4.78 is 0. The molecule has 1 aromatic carbocycles. The van der Waals surface area contributed by atoms with Crippen LogP contribution >= 0.6 is 0 Å². The fourth-order valence-corrected chi connectivity index (χ4v) is 2.93. The van der Waals surface area contributed by atoms with Crippen molar-refractivity contribution in [2.75, 3.05) is 24.3 Å². The number of aromatic amines is 1. The summed E-state index contributed by atoms with van der Waals surface area (Å²) >= 11 is 0. The summed E-state index contributed by atoms with van der Waals surface area (Å²) in [6.07, 6.45) is 3.36. The van der Waals surface area contributed by atoms with Crippen molar-refractivity contribution in [1.82, 2.24) is 15.0 Å². The third kappa shape index (κ3) is 2.69. The molecule has 0 aliphatic heterocycles. The Hall–Kier alpha value is -3.61. The molecule has 3 heterocycles. The van der Waals surface area contributed by atoms with Crippen LogP contribution in [-0.4, -0.2) is 40.1 Å². The summed E-state index contributed by atoms with van der Waals surface area (Å²) in [7, 11) is 3.95. The van der Waals surface area contributed by atoms with Crippen LogP contribution in [0.1, 0.15) is 10.5 Å². The molecule has 7 heteroatoms. The highest BCUT2D eigenvalue weighted by atomic mass is 16.4. The number of carbonyl (C=O) groups is 1. The maximum absolute atomic E-state index is 11.4. The second-order valence-electron chi connectivity index (χ2n) is 6.20. The summed E-state index contributed by atoms with van der Waals surface area (Å²) in [5.41, 5.74) is 3.41. The van der Waals surface area contributed by atoms with Crippen molar-refractivity contribution in [2.24, 2.45) is 0 Å². The molecule has 0 radical (unpaired) electrons. The van der Waals surface area contributed by atoms with E-state index in [0.717, 1.165) is 27.7 Å². The molecule has 0 saturated carbocycles. The Labute approximate surface area is 149 Å². The number of H-pyrrole nitrogens is 1. The van der Waals surface area contributed by atoms with E-state index in [-0.39, 0.29) is 5.69 Å². The molecule has 0 amide bonds. The van der Waals surface area contributed by atoms with Crippen molar-refractivity contribution in [3.63, 3.8) is 0 Å². The highest BCUT2D eigenvalue weighted by molar-refractivity contribution is 6.11. The van der Waals surface area contributed by atoms with Gasteiger partial charge in [-0.3, -0.25) is 4.98 Å². The fourth-order valence-electron chi connectivity index (χ4n) is 2.93. The second-order valence-corrected chi connectivity index (χ2v) is 6.20. The molecule has 0 saturated heterocycles. The number of hydrogen-bond donors (Lipinski definition) is 3. The number of carboxylic acid groups (broad SMARTS) is 1. The van der Waals surface area contributed by atoms with E-state index in [1.54, 1.807) is 18.5 Å². The average molecular weight is 347 g/mol. The summed E-state index contributed by atoms with van der Waals surface area (Å²) in [5, 5.41) is 14.2. The molecule has 0 atom stereocenters. The van der Waals surface area contributed by atoms with Gasteiger partial charge < -0.3 is 20.3 Å². The van der Waals surface area contributed by atoms with Gasteiger partial charge >= 0.3 is 5.97 Å². The van der Waals surface area contributed by atoms with Crippen molar-refractivity contribution < 1.29 is 9.90 Å². The molecular weight excluding hydrogens is 330 g/mol. The van der Waals surface area contributed by atoms with E-state index in [0.29, 0.717) is 11.3 Å². The predicted molar refractivity (Wildman–Crippen MR) is 102 cm³/mol. The number of benzene rings is 1.